The van der Waals surface area contributed by atoms with Gasteiger partial charge in [-0.25, -0.2) is 8.78 Å². The van der Waals surface area contributed by atoms with Crippen LogP contribution in [0.2, 0.25) is 5.02 Å². The summed E-state index contributed by atoms with van der Waals surface area (Å²) in [5.41, 5.74) is 0.405. The number of nitrogens with zero attached hydrogens (tertiary/aromatic N) is 2. The molecule has 1 aromatic carbocycles. The van der Waals surface area contributed by atoms with E-state index >= 15 is 0 Å². The number of halogens is 3. The molecule has 0 saturated carbocycles. The molecule has 4 rings (SSSR count). The zero-order valence-corrected chi connectivity index (χ0v) is 18.5. The average Bonchev–Trinajstić information content (AvgIpc) is 2.79. The molecule has 2 fully saturated rings. The molecule has 0 spiro atoms. The fourth-order valence-electron chi connectivity index (χ4n) is 4.53. The zero-order chi connectivity index (χ0) is 23.2. The Morgan fingerprint density at radius 2 is 2.09 bits per heavy atom. The highest BCUT2D eigenvalue weighted by molar-refractivity contribution is 6.30. The Bertz CT molecular complexity index is 1030. The first-order chi connectivity index (χ1) is 15.3. The molecule has 3 aliphatic heterocycles. The van der Waals surface area contributed by atoms with Crippen LogP contribution >= 0.6 is 11.6 Å². The molecule has 0 aromatic heterocycles. The largest absolute Gasteiger partial charge is 0.509 e. The van der Waals surface area contributed by atoms with Crippen LogP contribution in [0.5, 0.6) is 0 Å². The van der Waals surface area contributed by atoms with Gasteiger partial charge in [-0.1, -0.05) is 24.6 Å². The Balaban J connectivity index is 1.60. The van der Waals surface area contributed by atoms with Crippen molar-refractivity contribution in [2.45, 2.75) is 38.9 Å². The Morgan fingerprint density at radius 3 is 2.81 bits per heavy atom. The predicted molar refractivity (Wildman–Crippen MR) is 112 cm³/mol. The maximum Gasteiger partial charge on any atom is 0.274 e. The molecule has 172 valence electrons. The van der Waals surface area contributed by atoms with Crippen molar-refractivity contribution in [2.75, 3.05) is 19.8 Å². The van der Waals surface area contributed by atoms with Gasteiger partial charge in [0.05, 0.1) is 18.7 Å². The second-order valence-electron chi connectivity index (χ2n) is 8.05. The quantitative estimate of drug-likeness (QED) is 0.665. The summed E-state index contributed by atoms with van der Waals surface area (Å²) in [6.07, 6.45) is 2.23. The molecule has 2 amide bonds. The summed E-state index contributed by atoms with van der Waals surface area (Å²) in [6.45, 7) is 4.67. The number of rotatable bonds is 4. The van der Waals surface area contributed by atoms with E-state index in [0.29, 0.717) is 26.2 Å². The topological polar surface area (TPSA) is 82.1 Å². The van der Waals surface area contributed by atoms with E-state index in [1.54, 1.807) is 22.9 Å². The van der Waals surface area contributed by atoms with Gasteiger partial charge in [0.15, 0.2) is 0 Å². The number of ether oxygens (including phenoxy) is 1. The summed E-state index contributed by atoms with van der Waals surface area (Å²) in [7, 11) is 0. The number of hydrogen-bond donors (Lipinski definition) is 2. The molecule has 2 N–H and O–H groups in total. The summed E-state index contributed by atoms with van der Waals surface area (Å²) in [5.74, 6) is -3.58. The van der Waals surface area contributed by atoms with E-state index < -0.39 is 28.5 Å². The van der Waals surface area contributed by atoms with Crippen LogP contribution in [0.4, 0.5) is 8.78 Å². The SMILES string of the molecule is CCN1C(=O)C2=C(O)C(C)C(C(=O)NCc3ccc(F)c(Cl)c3F)=CN2[C@H]2COCC[C@H]21. The lowest BCUT2D eigenvalue weighted by molar-refractivity contribution is -0.142. The monoisotopic (exact) mass is 467 g/mol. The zero-order valence-electron chi connectivity index (χ0n) is 17.7. The Morgan fingerprint density at radius 1 is 1.34 bits per heavy atom. The minimum absolute atomic E-state index is 0.0294. The van der Waals surface area contributed by atoms with Gasteiger partial charge in [-0.15, -0.1) is 0 Å². The van der Waals surface area contributed by atoms with Crippen molar-refractivity contribution < 1.29 is 28.2 Å². The highest BCUT2D eigenvalue weighted by Gasteiger charge is 2.48. The number of allylic oxidation sites excluding steroid dienone is 1. The van der Waals surface area contributed by atoms with Crippen LogP contribution in [0.3, 0.4) is 0 Å². The van der Waals surface area contributed by atoms with Gasteiger partial charge >= 0.3 is 0 Å². The van der Waals surface area contributed by atoms with E-state index in [-0.39, 0.29) is 47.1 Å². The van der Waals surface area contributed by atoms with Gasteiger partial charge in [-0.3, -0.25) is 9.59 Å². The third-order valence-corrected chi connectivity index (χ3v) is 6.67. The molecule has 32 heavy (non-hydrogen) atoms. The van der Waals surface area contributed by atoms with Gasteiger partial charge in [0.1, 0.15) is 28.1 Å². The summed E-state index contributed by atoms with van der Waals surface area (Å²) in [6, 6.07) is 1.90. The van der Waals surface area contributed by atoms with E-state index in [1.807, 2.05) is 6.92 Å². The number of benzene rings is 1. The molecule has 7 nitrogen and oxygen atoms in total. The van der Waals surface area contributed by atoms with Gasteiger partial charge in [-0.2, -0.15) is 0 Å². The third-order valence-electron chi connectivity index (χ3n) is 6.32. The van der Waals surface area contributed by atoms with Crippen LogP contribution in [0.15, 0.2) is 35.4 Å². The normalized spacial score (nSPS) is 25.3. The molecule has 10 heteroatoms. The van der Waals surface area contributed by atoms with Crippen LogP contribution in [-0.4, -0.2) is 58.6 Å². The van der Waals surface area contributed by atoms with Crippen LogP contribution in [-0.2, 0) is 20.9 Å². The lowest BCUT2D eigenvalue weighted by Crippen LogP contribution is -2.63. The number of nitrogens with one attached hydrogen (secondary N) is 1. The number of likely N-dealkylation sites (N-methyl/N-ethyl adjacent to an activating group) is 1. The van der Waals surface area contributed by atoms with Crippen molar-refractivity contribution >= 4 is 23.4 Å². The first kappa shape index (κ1) is 22.5. The van der Waals surface area contributed by atoms with Crippen molar-refractivity contribution in [3.63, 3.8) is 0 Å². The molecule has 3 atom stereocenters. The van der Waals surface area contributed by atoms with Crippen molar-refractivity contribution in [3.8, 4) is 0 Å². The molecule has 1 aromatic rings. The molecular weight excluding hydrogens is 444 g/mol. The number of aliphatic hydroxyl groups excluding tert-OH is 1. The standard InChI is InChI=1S/C22H24ClF2N3O4/c1-3-27-15-6-7-32-10-16(15)28-9-13(11(2)20(29)19(28)22(27)31)21(30)26-8-12-4-5-14(24)17(23)18(12)25/h4-5,9,11,15-16,29H,3,6-8,10H2,1-2H3,(H,26,30)/t11?,15-,16+/m1/s1. The highest BCUT2D eigenvalue weighted by Crippen LogP contribution is 2.38. The average molecular weight is 468 g/mol. The Hall–Kier alpha value is -2.65. The first-order valence-corrected chi connectivity index (χ1v) is 10.9. The lowest BCUT2D eigenvalue weighted by atomic mass is 9.88. The first-order valence-electron chi connectivity index (χ1n) is 10.5. The number of carbonyl (C=O) groups excluding carboxylic acids is 2. The van der Waals surface area contributed by atoms with Crippen LogP contribution < -0.4 is 5.32 Å². The van der Waals surface area contributed by atoms with E-state index in [1.165, 1.54) is 6.07 Å². The van der Waals surface area contributed by atoms with Crippen molar-refractivity contribution in [1.82, 2.24) is 15.1 Å². The van der Waals surface area contributed by atoms with E-state index in [2.05, 4.69) is 5.32 Å². The highest BCUT2D eigenvalue weighted by atomic mass is 35.5. The Kier molecular flexibility index (Phi) is 6.13. The van der Waals surface area contributed by atoms with E-state index in [0.717, 1.165) is 6.07 Å². The van der Waals surface area contributed by atoms with Crippen molar-refractivity contribution in [1.29, 1.82) is 0 Å². The van der Waals surface area contributed by atoms with Gasteiger partial charge < -0.3 is 25.0 Å². The minimum Gasteiger partial charge on any atom is -0.509 e. The number of fused-ring (bicyclic) bond motifs is 3. The molecule has 0 radical (unpaired) electrons. The molecular formula is C22H24ClF2N3O4. The maximum atomic E-state index is 14.2. The fourth-order valence-corrected chi connectivity index (χ4v) is 4.72. The Labute approximate surface area is 189 Å². The summed E-state index contributed by atoms with van der Waals surface area (Å²) in [5, 5.41) is 12.8. The summed E-state index contributed by atoms with van der Waals surface area (Å²) in [4.78, 5) is 29.4. The third kappa shape index (κ3) is 3.63. The van der Waals surface area contributed by atoms with Gasteiger partial charge in [0.2, 0.25) is 5.91 Å². The summed E-state index contributed by atoms with van der Waals surface area (Å²) >= 11 is 5.60. The van der Waals surface area contributed by atoms with Gasteiger partial charge in [0.25, 0.3) is 5.91 Å². The minimum atomic E-state index is -0.939. The number of amides is 2. The van der Waals surface area contributed by atoms with Gasteiger partial charge in [0, 0.05) is 43.0 Å². The van der Waals surface area contributed by atoms with E-state index in [9.17, 15) is 23.5 Å². The second kappa shape index (κ2) is 8.71. The number of carbonyl (C=O) groups is 2. The van der Waals surface area contributed by atoms with E-state index in [4.69, 9.17) is 16.3 Å². The van der Waals surface area contributed by atoms with Crippen LogP contribution in [0.25, 0.3) is 0 Å². The van der Waals surface area contributed by atoms with Gasteiger partial charge in [-0.05, 0) is 19.4 Å². The molecule has 0 bridgehead atoms. The lowest BCUT2D eigenvalue weighted by Gasteiger charge is -2.51. The van der Waals surface area contributed by atoms with Crippen LogP contribution in [0.1, 0.15) is 25.8 Å². The van der Waals surface area contributed by atoms with Crippen molar-refractivity contribution in [3.05, 3.63) is 57.6 Å². The van der Waals surface area contributed by atoms with Crippen LogP contribution in [0, 0.1) is 17.6 Å². The molecule has 3 aliphatic rings. The fraction of sp³-hybridized carbons (Fsp3) is 0.455. The number of aliphatic hydroxyl groups is 1. The number of hydrogen-bond acceptors (Lipinski definition) is 5. The number of piperazine rings is 1. The van der Waals surface area contributed by atoms with Crippen molar-refractivity contribution in [2.24, 2.45) is 5.92 Å². The molecule has 2 saturated heterocycles. The molecule has 0 aliphatic carbocycles. The smallest absolute Gasteiger partial charge is 0.274 e. The molecule has 1 unspecified atom stereocenters. The molecule has 3 heterocycles. The maximum absolute atomic E-state index is 14.2. The predicted octanol–water partition coefficient (Wildman–Crippen LogP) is 2.86. The summed E-state index contributed by atoms with van der Waals surface area (Å²) < 4.78 is 33.2. The second-order valence-corrected chi connectivity index (χ2v) is 8.43.